The first kappa shape index (κ1) is 35.2. The highest BCUT2D eigenvalue weighted by atomic mass is 19.1. The van der Waals surface area contributed by atoms with Gasteiger partial charge < -0.3 is 20.3 Å². The van der Waals surface area contributed by atoms with Gasteiger partial charge in [0.1, 0.15) is 18.2 Å². The average molecular weight is 699 g/mol. The number of carbonyl (C=O) groups is 3. The Morgan fingerprint density at radius 2 is 1.60 bits per heavy atom. The number of fused-ring (bicyclic) bond motifs is 1. The molecule has 0 spiro atoms. The van der Waals surface area contributed by atoms with E-state index in [9.17, 15) is 14.4 Å². The van der Waals surface area contributed by atoms with Crippen LogP contribution in [0.4, 0.5) is 14.9 Å². The molecule has 4 aromatic carbocycles. The molecule has 0 radical (unpaired) electrons. The number of ether oxygens (including phenoxy) is 1. The van der Waals surface area contributed by atoms with E-state index in [1.165, 1.54) is 22.5 Å². The van der Waals surface area contributed by atoms with Gasteiger partial charge >= 0.3 is 6.03 Å². The zero-order chi connectivity index (χ0) is 36.3. The lowest BCUT2D eigenvalue weighted by Crippen LogP contribution is -2.37. The normalized spacial score (nSPS) is 10.7. The SMILES string of the molecule is O=C(Cc1ccc(-c2ccc(OCCN(Cc3ccc(C(=O)NO)cc3F)C(=O)Nc3ccnc4ccccc34)cc2)cn1)NCc1ccccc1. The second kappa shape index (κ2) is 16.8. The molecule has 262 valence electrons. The molecular weight excluding hydrogens is 663 g/mol. The average Bonchev–Trinajstić information content (AvgIpc) is 3.18. The first-order valence-electron chi connectivity index (χ1n) is 16.5. The number of halogens is 1. The van der Waals surface area contributed by atoms with Gasteiger partial charge in [0.15, 0.2) is 0 Å². The van der Waals surface area contributed by atoms with Crippen molar-refractivity contribution in [2.24, 2.45) is 0 Å². The standard InChI is InChI=1S/C40H35FN6O5/c41-35-22-29(39(49)46-51)10-11-31(35)26-47(40(50)45-37-18-19-42-36-9-5-4-8-34(36)37)20-21-52-33-16-13-28(14-17-33)30-12-15-32(43-25-30)23-38(48)44-24-27-6-2-1-3-7-27/h1-19,22,25,51H,20-21,23-24,26H2,(H,44,48)(H,46,49)(H,42,45,50). The minimum atomic E-state index is -0.850. The van der Waals surface area contributed by atoms with E-state index in [0.29, 0.717) is 29.2 Å². The van der Waals surface area contributed by atoms with Gasteiger partial charge in [0, 0.05) is 46.7 Å². The van der Waals surface area contributed by atoms with Gasteiger partial charge in [0.25, 0.3) is 5.91 Å². The number of pyridine rings is 2. The van der Waals surface area contributed by atoms with E-state index in [1.54, 1.807) is 30.6 Å². The third-order valence-electron chi connectivity index (χ3n) is 8.27. The summed E-state index contributed by atoms with van der Waals surface area (Å²) in [6.07, 6.45) is 3.49. The summed E-state index contributed by atoms with van der Waals surface area (Å²) < 4.78 is 21.0. The topological polar surface area (TPSA) is 146 Å². The van der Waals surface area contributed by atoms with Gasteiger partial charge in [-0.25, -0.2) is 14.7 Å². The molecule has 52 heavy (non-hydrogen) atoms. The van der Waals surface area contributed by atoms with Gasteiger partial charge in [0.2, 0.25) is 5.91 Å². The van der Waals surface area contributed by atoms with Crippen molar-refractivity contribution in [3.05, 3.63) is 156 Å². The molecule has 0 fully saturated rings. The van der Waals surface area contributed by atoms with Gasteiger partial charge in [0.05, 0.1) is 30.7 Å². The summed E-state index contributed by atoms with van der Waals surface area (Å²) in [7, 11) is 0. The Hall–Kier alpha value is -6.66. The smallest absolute Gasteiger partial charge is 0.322 e. The number of nitrogens with zero attached hydrogens (tertiary/aromatic N) is 3. The molecule has 0 unspecified atom stereocenters. The second-order valence-electron chi connectivity index (χ2n) is 11.8. The lowest BCUT2D eigenvalue weighted by Gasteiger charge is -2.24. The Bertz CT molecular complexity index is 2160. The Kier molecular flexibility index (Phi) is 11.4. The van der Waals surface area contributed by atoms with Crippen molar-refractivity contribution in [3.63, 3.8) is 0 Å². The quantitative estimate of drug-likeness (QED) is 0.0793. The van der Waals surface area contributed by atoms with Crippen LogP contribution in [0.2, 0.25) is 0 Å². The Morgan fingerprint density at radius 1 is 0.827 bits per heavy atom. The highest BCUT2D eigenvalue weighted by Gasteiger charge is 2.19. The van der Waals surface area contributed by atoms with E-state index in [-0.39, 0.29) is 43.2 Å². The minimum Gasteiger partial charge on any atom is -0.492 e. The minimum absolute atomic E-state index is 0.0663. The molecule has 2 heterocycles. The first-order chi connectivity index (χ1) is 25.4. The van der Waals surface area contributed by atoms with Gasteiger partial charge in [-0.1, -0.05) is 72.8 Å². The number of nitrogens with one attached hydrogen (secondary N) is 3. The summed E-state index contributed by atoms with van der Waals surface area (Å²) in [5, 5.41) is 15.5. The second-order valence-corrected chi connectivity index (χ2v) is 11.8. The summed E-state index contributed by atoms with van der Waals surface area (Å²) >= 11 is 0. The van der Waals surface area contributed by atoms with Crippen molar-refractivity contribution in [3.8, 4) is 16.9 Å². The predicted octanol–water partition coefficient (Wildman–Crippen LogP) is 6.53. The zero-order valence-electron chi connectivity index (χ0n) is 28.0. The van der Waals surface area contributed by atoms with Crippen LogP contribution in [0.3, 0.4) is 0 Å². The molecule has 0 saturated carbocycles. The van der Waals surface area contributed by atoms with Crippen molar-refractivity contribution >= 4 is 34.4 Å². The number of anilines is 1. The number of aromatic nitrogens is 2. The maximum atomic E-state index is 15.1. The summed E-state index contributed by atoms with van der Waals surface area (Å²) in [5.41, 5.74) is 6.29. The van der Waals surface area contributed by atoms with Crippen LogP contribution < -0.4 is 20.9 Å². The number of hydroxylamine groups is 1. The predicted molar refractivity (Wildman–Crippen MR) is 194 cm³/mol. The Labute approximate surface area is 299 Å². The third-order valence-corrected chi connectivity index (χ3v) is 8.27. The molecule has 0 aliphatic carbocycles. The molecular formula is C40H35FN6O5. The van der Waals surface area contributed by atoms with Gasteiger partial charge in [-0.3, -0.25) is 24.8 Å². The van der Waals surface area contributed by atoms with Gasteiger partial charge in [-0.15, -0.1) is 0 Å². The molecule has 6 rings (SSSR count). The molecule has 0 atom stereocenters. The number of hydrogen-bond donors (Lipinski definition) is 4. The highest BCUT2D eigenvalue weighted by Crippen LogP contribution is 2.24. The van der Waals surface area contributed by atoms with E-state index < -0.39 is 17.8 Å². The van der Waals surface area contributed by atoms with Crippen molar-refractivity contribution in [1.82, 2.24) is 25.7 Å². The van der Waals surface area contributed by atoms with Crippen LogP contribution in [0.1, 0.15) is 27.2 Å². The number of carbonyl (C=O) groups excluding carboxylic acids is 3. The summed E-state index contributed by atoms with van der Waals surface area (Å²) in [6, 6.07) is 33.1. The highest BCUT2D eigenvalue weighted by molar-refractivity contribution is 6.00. The monoisotopic (exact) mass is 698 g/mol. The van der Waals surface area contributed by atoms with Crippen molar-refractivity contribution in [1.29, 1.82) is 0 Å². The van der Waals surface area contributed by atoms with E-state index in [2.05, 4.69) is 20.6 Å². The number of urea groups is 1. The molecule has 0 bridgehead atoms. The van der Waals surface area contributed by atoms with Crippen LogP contribution in [-0.4, -0.2) is 51.1 Å². The maximum Gasteiger partial charge on any atom is 0.322 e. The fourth-order valence-electron chi connectivity index (χ4n) is 5.48. The van der Waals surface area contributed by atoms with E-state index in [0.717, 1.165) is 28.1 Å². The van der Waals surface area contributed by atoms with Crippen LogP contribution in [0.5, 0.6) is 5.75 Å². The van der Waals surface area contributed by atoms with Crippen molar-refractivity contribution < 1.29 is 28.7 Å². The molecule has 0 aliphatic heterocycles. The molecule has 11 nitrogen and oxygen atoms in total. The largest absolute Gasteiger partial charge is 0.492 e. The van der Waals surface area contributed by atoms with E-state index in [4.69, 9.17) is 9.94 Å². The molecule has 4 amide bonds. The van der Waals surface area contributed by atoms with Crippen LogP contribution in [-0.2, 0) is 24.3 Å². The van der Waals surface area contributed by atoms with E-state index in [1.807, 2.05) is 78.9 Å². The van der Waals surface area contributed by atoms with Crippen LogP contribution >= 0.6 is 0 Å². The van der Waals surface area contributed by atoms with Crippen molar-refractivity contribution in [2.75, 3.05) is 18.5 Å². The van der Waals surface area contributed by atoms with Crippen LogP contribution in [0.25, 0.3) is 22.0 Å². The molecule has 0 saturated heterocycles. The fourth-order valence-corrected chi connectivity index (χ4v) is 5.48. The summed E-state index contributed by atoms with van der Waals surface area (Å²) in [6.45, 7) is 0.528. The molecule has 0 aliphatic rings. The van der Waals surface area contributed by atoms with E-state index >= 15 is 4.39 Å². The van der Waals surface area contributed by atoms with Crippen LogP contribution in [0.15, 0.2) is 128 Å². The lowest BCUT2D eigenvalue weighted by atomic mass is 10.1. The number of amides is 4. The third kappa shape index (κ3) is 9.11. The number of benzene rings is 4. The first-order valence-corrected chi connectivity index (χ1v) is 16.5. The Morgan fingerprint density at radius 3 is 2.35 bits per heavy atom. The lowest BCUT2D eigenvalue weighted by molar-refractivity contribution is -0.120. The molecule has 4 N–H and O–H groups in total. The molecule has 2 aromatic heterocycles. The molecule has 6 aromatic rings. The maximum absolute atomic E-state index is 15.1. The molecule has 12 heteroatoms. The fraction of sp³-hybridized carbons (Fsp3) is 0.125. The van der Waals surface area contributed by atoms with Crippen molar-refractivity contribution in [2.45, 2.75) is 19.5 Å². The number of rotatable bonds is 13. The van der Waals surface area contributed by atoms with Crippen LogP contribution in [0, 0.1) is 5.82 Å². The summed E-state index contributed by atoms with van der Waals surface area (Å²) in [5.74, 6) is -1.10. The number of hydrogen-bond acceptors (Lipinski definition) is 7. The van der Waals surface area contributed by atoms with Gasteiger partial charge in [-0.2, -0.15) is 0 Å². The number of para-hydroxylation sites is 1. The Balaban J connectivity index is 1.08. The zero-order valence-corrected chi connectivity index (χ0v) is 28.0. The summed E-state index contributed by atoms with van der Waals surface area (Å²) in [4.78, 5) is 48.0. The van der Waals surface area contributed by atoms with Gasteiger partial charge in [-0.05, 0) is 53.6 Å².